The van der Waals surface area contributed by atoms with Crippen molar-refractivity contribution in [3.63, 3.8) is 0 Å². The van der Waals surface area contributed by atoms with Gasteiger partial charge in [-0.05, 0) is 66.2 Å². The van der Waals surface area contributed by atoms with Gasteiger partial charge in [0.25, 0.3) is 0 Å². The predicted molar refractivity (Wildman–Crippen MR) is 133 cm³/mol. The van der Waals surface area contributed by atoms with Gasteiger partial charge in [0, 0.05) is 0 Å². The number of carbonyl (C=O) groups is 4. The van der Waals surface area contributed by atoms with Crippen molar-refractivity contribution in [3.05, 3.63) is 0 Å². The molecular weight excluding hydrogens is 454 g/mol. The lowest BCUT2D eigenvalue weighted by atomic mass is 10.0. The van der Waals surface area contributed by atoms with Crippen molar-refractivity contribution in [1.82, 2.24) is 16.0 Å². The first-order valence-electron chi connectivity index (χ1n) is 12.3. The Kier molecular flexibility index (Phi) is 13.3. The highest BCUT2D eigenvalue weighted by molar-refractivity contribution is 5.93. The predicted octanol–water partition coefficient (Wildman–Crippen LogP) is 2.67. The van der Waals surface area contributed by atoms with Gasteiger partial charge in [0.1, 0.15) is 23.3 Å². The molecule has 0 rings (SSSR count). The number of hydrogen-bond acceptors (Lipinski definition) is 7. The van der Waals surface area contributed by atoms with E-state index in [9.17, 15) is 24.3 Å². The molecule has 0 aliphatic rings. The van der Waals surface area contributed by atoms with Crippen LogP contribution in [0.1, 0.15) is 88.5 Å². The van der Waals surface area contributed by atoms with E-state index in [1.54, 1.807) is 41.5 Å². The highest BCUT2D eigenvalue weighted by Gasteiger charge is 2.32. The molecule has 0 spiro atoms. The normalized spacial score (nSPS) is 14.7. The summed E-state index contributed by atoms with van der Waals surface area (Å²) in [5.74, 6) is -1.66. The molecule has 0 bridgehead atoms. The van der Waals surface area contributed by atoms with Crippen LogP contribution in [0.4, 0.5) is 4.79 Å². The molecule has 0 radical (unpaired) electrons. The molecule has 0 aliphatic carbocycles. The SMILES string of the molecule is CC(C)C[C@@H](CO)NC(=O)[C@H](CC(=O)OC(C)(C)C)NC(=O)[C@H](CC(C)C)NC(=O)OC(C)(C)C. The maximum Gasteiger partial charge on any atom is 0.408 e. The number of amides is 3. The standard InChI is InChI=1S/C25H47N3O7/c1-15(2)11-17(14-29)26-21(31)19(13-20(30)34-24(5,6)7)27-22(32)18(12-16(3)4)28-23(33)35-25(8,9)10/h15-19,29H,11-14H2,1-10H3,(H,26,31)(H,27,32)(H,28,33)/t17-,18-,19-/m0/s1. The molecular formula is C25H47N3O7. The zero-order valence-corrected chi connectivity index (χ0v) is 23.1. The number of carbonyl (C=O) groups excluding carboxylic acids is 4. The first-order chi connectivity index (χ1) is 15.8. The fourth-order valence-electron chi connectivity index (χ4n) is 3.23. The summed E-state index contributed by atoms with van der Waals surface area (Å²) >= 11 is 0. The number of aliphatic hydroxyl groups is 1. The average molecular weight is 502 g/mol. The zero-order chi connectivity index (χ0) is 27.6. The number of rotatable bonds is 12. The molecule has 35 heavy (non-hydrogen) atoms. The van der Waals surface area contributed by atoms with E-state index in [1.807, 2.05) is 27.7 Å². The van der Waals surface area contributed by atoms with E-state index in [-0.39, 0.29) is 18.4 Å². The topological polar surface area (TPSA) is 143 Å². The summed E-state index contributed by atoms with van der Waals surface area (Å²) in [7, 11) is 0. The van der Waals surface area contributed by atoms with Crippen molar-refractivity contribution in [1.29, 1.82) is 0 Å². The Hall–Kier alpha value is -2.36. The lowest BCUT2D eigenvalue weighted by molar-refractivity contribution is -0.156. The minimum absolute atomic E-state index is 0.0450. The van der Waals surface area contributed by atoms with E-state index >= 15 is 0 Å². The van der Waals surface area contributed by atoms with Gasteiger partial charge in [0.15, 0.2) is 0 Å². The van der Waals surface area contributed by atoms with Gasteiger partial charge in [-0.1, -0.05) is 27.7 Å². The molecule has 0 saturated heterocycles. The van der Waals surface area contributed by atoms with Crippen molar-refractivity contribution >= 4 is 23.9 Å². The zero-order valence-electron chi connectivity index (χ0n) is 23.1. The Balaban J connectivity index is 5.70. The Morgan fingerprint density at radius 1 is 0.714 bits per heavy atom. The van der Waals surface area contributed by atoms with Crippen LogP contribution >= 0.6 is 0 Å². The van der Waals surface area contributed by atoms with E-state index < -0.39 is 59.6 Å². The van der Waals surface area contributed by atoms with Gasteiger partial charge < -0.3 is 30.5 Å². The minimum Gasteiger partial charge on any atom is -0.460 e. The van der Waals surface area contributed by atoms with Gasteiger partial charge in [-0.25, -0.2) is 4.79 Å². The smallest absolute Gasteiger partial charge is 0.408 e. The van der Waals surface area contributed by atoms with Gasteiger partial charge in [-0.15, -0.1) is 0 Å². The third kappa shape index (κ3) is 16.0. The van der Waals surface area contributed by atoms with Gasteiger partial charge >= 0.3 is 12.1 Å². The van der Waals surface area contributed by atoms with Gasteiger partial charge in [-0.2, -0.15) is 0 Å². The molecule has 10 heteroatoms. The summed E-state index contributed by atoms with van der Waals surface area (Å²) < 4.78 is 10.6. The molecule has 0 saturated carbocycles. The fraction of sp³-hybridized carbons (Fsp3) is 0.840. The molecule has 0 aliphatic heterocycles. The van der Waals surface area contributed by atoms with Crippen molar-refractivity contribution in [3.8, 4) is 0 Å². The first-order valence-corrected chi connectivity index (χ1v) is 12.3. The van der Waals surface area contributed by atoms with E-state index in [4.69, 9.17) is 9.47 Å². The highest BCUT2D eigenvalue weighted by atomic mass is 16.6. The van der Waals surface area contributed by atoms with Crippen molar-refractivity contribution in [2.75, 3.05) is 6.61 Å². The summed E-state index contributed by atoms with van der Waals surface area (Å²) in [6, 6.07) is -2.77. The summed E-state index contributed by atoms with van der Waals surface area (Å²) in [6.07, 6.45) is -0.358. The Bertz CT molecular complexity index is 709. The second-order valence-electron chi connectivity index (χ2n) is 11.7. The quantitative estimate of drug-likeness (QED) is 0.301. The lowest BCUT2D eigenvalue weighted by Crippen LogP contribution is -2.56. The van der Waals surface area contributed by atoms with Crippen LogP contribution in [-0.2, 0) is 23.9 Å². The number of nitrogens with one attached hydrogen (secondary N) is 3. The first kappa shape index (κ1) is 32.6. The van der Waals surface area contributed by atoms with E-state index in [0.717, 1.165) is 0 Å². The number of alkyl carbamates (subject to hydrolysis) is 1. The molecule has 204 valence electrons. The Morgan fingerprint density at radius 3 is 1.63 bits per heavy atom. The van der Waals surface area contributed by atoms with Gasteiger partial charge in [-0.3, -0.25) is 14.4 Å². The van der Waals surface area contributed by atoms with Crippen LogP contribution in [0.25, 0.3) is 0 Å². The number of esters is 1. The monoisotopic (exact) mass is 501 g/mol. The average Bonchev–Trinajstić information content (AvgIpc) is 2.62. The second kappa shape index (κ2) is 14.3. The lowest BCUT2D eigenvalue weighted by Gasteiger charge is -2.27. The molecule has 0 fully saturated rings. The largest absolute Gasteiger partial charge is 0.460 e. The van der Waals surface area contributed by atoms with Crippen LogP contribution in [0.2, 0.25) is 0 Å². The van der Waals surface area contributed by atoms with Gasteiger partial charge in [0.05, 0.1) is 19.1 Å². The van der Waals surface area contributed by atoms with Gasteiger partial charge in [0.2, 0.25) is 11.8 Å². The van der Waals surface area contributed by atoms with E-state index in [0.29, 0.717) is 12.8 Å². The third-order valence-corrected chi connectivity index (χ3v) is 4.46. The highest BCUT2D eigenvalue weighted by Crippen LogP contribution is 2.13. The van der Waals surface area contributed by atoms with Crippen LogP contribution in [-0.4, -0.2) is 64.9 Å². The molecule has 3 atom stereocenters. The molecule has 0 unspecified atom stereocenters. The Morgan fingerprint density at radius 2 is 1.20 bits per heavy atom. The maximum atomic E-state index is 13.1. The Labute approximate surface area is 210 Å². The molecule has 0 heterocycles. The maximum absolute atomic E-state index is 13.1. The van der Waals surface area contributed by atoms with Crippen LogP contribution in [0.3, 0.4) is 0 Å². The summed E-state index contributed by atoms with van der Waals surface area (Å²) in [5, 5.41) is 17.5. The van der Waals surface area contributed by atoms with Crippen LogP contribution < -0.4 is 16.0 Å². The van der Waals surface area contributed by atoms with E-state index in [1.165, 1.54) is 0 Å². The third-order valence-electron chi connectivity index (χ3n) is 4.46. The van der Waals surface area contributed by atoms with E-state index in [2.05, 4.69) is 16.0 Å². The van der Waals surface area contributed by atoms with Crippen molar-refractivity contribution < 1.29 is 33.8 Å². The summed E-state index contributed by atoms with van der Waals surface area (Å²) in [4.78, 5) is 50.9. The number of ether oxygens (including phenoxy) is 2. The van der Waals surface area contributed by atoms with Crippen LogP contribution in [0, 0.1) is 11.8 Å². The van der Waals surface area contributed by atoms with Crippen LogP contribution in [0.15, 0.2) is 0 Å². The summed E-state index contributed by atoms with van der Waals surface area (Å²) in [6.45, 7) is 17.6. The van der Waals surface area contributed by atoms with Crippen LogP contribution in [0.5, 0.6) is 0 Å². The molecule has 3 amide bonds. The molecule has 0 aromatic carbocycles. The second-order valence-corrected chi connectivity index (χ2v) is 11.7. The number of hydrogen-bond donors (Lipinski definition) is 4. The minimum atomic E-state index is -1.26. The fourth-order valence-corrected chi connectivity index (χ4v) is 3.23. The number of aliphatic hydroxyl groups excluding tert-OH is 1. The molecule has 0 aromatic heterocycles. The molecule has 0 aromatic rings. The summed E-state index contributed by atoms with van der Waals surface area (Å²) in [5.41, 5.74) is -1.52. The molecule has 4 N–H and O–H groups in total. The molecule has 10 nitrogen and oxygen atoms in total. The van der Waals surface area contributed by atoms with Crippen molar-refractivity contribution in [2.45, 2.75) is 118 Å². The van der Waals surface area contributed by atoms with Crippen molar-refractivity contribution in [2.24, 2.45) is 11.8 Å².